The molecule has 0 fully saturated rings. The highest BCUT2D eigenvalue weighted by molar-refractivity contribution is 5.85. The SMILES string of the molecule is CN(C)CCCn1c(-c2ncc([N+](=O)[O-])n2C)nc2ccccc21.Cl. The number of aryl methyl sites for hydroxylation is 1. The van der Waals surface area contributed by atoms with E-state index in [1.807, 2.05) is 38.4 Å². The summed E-state index contributed by atoms with van der Waals surface area (Å²) in [5, 5.41) is 11.1. The molecule has 8 nitrogen and oxygen atoms in total. The van der Waals surface area contributed by atoms with E-state index in [1.54, 1.807) is 7.05 Å². The van der Waals surface area contributed by atoms with E-state index in [1.165, 1.54) is 10.8 Å². The van der Waals surface area contributed by atoms with E-state index in [0.717, 1.165) is 30.5 Å². The number of halogens is 1. The Labute approximate surface area is 151 Å². The van der Waals surface area contributed by atoms with Crippen molar-refractivity contribution in [3.63, 3.8) is 0 Å². The lowest BCUT2D eigenvalue weighted by molar-refractivity contribution is -0.391. The van der Waals surface area contributed by atoms with Crippen LogP contribution in [0.1, 0.15) is 6.42 Å². The lowest BCUT2D eigenvalue weighted by Crippen LogP contribution is -2.15. The van der Waals surface area contributed by atoms with Crippen molar-refractivity contribution >= 4 is 29.3 Å². The second-order valence-electron chi connectivity index (χ2n) is 5.99. The van der Waals surface area contributed by atoms with Gasteiger partial charge in [0.05, 0.1) is 18.1 Å². The predicted molar refractivity (Wildman–Crippen MR) is 99.0 cm³/mol. The molecule has 0 saturated heterocycles. The molecule has 0 saturated carbocycles. The van der Waals surface area contributed by atoms with E-state index in [4.69, 9.17) is 0 Å². The second-order valence-corrected chi connectivity index (χ2v) is 5.99. The summed E-state index contributed by atoms with van der Waals surface area (Å²) in [7, 11) is 5.72. The summed E-state index contributed by atoms with van der Waals surface area (Å²) in [6.45, 7) is 1.72. The summed E-state index contributed by atoms with van der Waals surface area (Å²) in [5.74, 6) is 1.12. The topological polar surface area (TPSA) is 82.0 Å². The zero-order valence-electron chi connectivity index (χ0n) is 14.4. The van der Waals surface area contributed by atoms with Crippen LogP contribution in [0.15, 0.2) is 30.5 Å². The van der Waals surface area contributed by atoms with Gasteiger partial charge in [0.15, 0.2) is 0 Å². The van der Waals surface area contributed by atoms with Crippen LogP contribution in [0.3, 0.4) is 0 Å². The van der Waals surface area contributed by atoms with Gasteiger partial charge in [-0.25, -0.2) is 14.5 Å². The summed E-state index contributed by atoms with van der Waals surface area (Å²) in [6.07, 6.45) is 2.23. The Hall–Kier alpha value is -2.45. The van der Waals surface area contributed by atoms with Gasteiger partial charge in [-0.2, -0.15) is 0 Å². The summed E-state index contributed by atoms with van der Waals surface area (Å²) in [4.78, 5) is 21.7. The molecule has 0 N–H and O–H groups in total. The van der Waals surface area contributed by atoms with Gasteiger partial charge in [-0.05, 0) is 44.1 Å². The van der Waals surface area contributed by atoms with Crippen molar-refractivity contribution in [2.24, 2.45) is 7.05 Å². The number of rotatable bonds is 6. The normalized spacial score (nSPS) is 11.0. The molecule has 134 valence electrons. The van der Waals surface area contributed by atoms with Gasteiger partial charge < -0.3 is 19.6 Å². The van der Waals surface area contributed by atoms with Gasteiger partial charge in [0.2, 0.25) is 5.82 Å². The van der Waals surface area contributed by atoms with Crippen LogP contribution >= 0.6 is 12.4 Å². The molecule has 3 rings (SSSR count). The molecule has 1 aromatic carbocycles. The Balaban J connectivity index is 0.00000225. The minimum Gasteiger partial charge on any atom is -0.358 e. The van der Waals surface area contributed by atoms with Gasteiger partial charge in [-0.15, -0.1) is 12.4 Å². The molecular formula is C16H21ClN6O2. The zero-order chi connectivity index (χ0) is 17.3. The van der Waals surface area contributed by atoms with Gasteiger partial charge in [0.1, 0.15) is 6.20 Å². The maximum absolute atomic E-state index is 11.1. The third-order valence-corrected chi connectivity index (χ3v) is 3.99. The molecule has 0 aliphatic heterocycles. The number of nitro groups is 1. The Bertz CT molecular complexity index is 886. The maximum Gasteiger partial charge on any atom is 0.343 e. The lowest BCUT2D eigenvalue weighted by Gasteiger charge is -2.11. The molecule has 0 aliphatic carbocycles. The molecule has 0 aliphatic rings. The van der Waals surface area contributed by atoms with Crippen LogP contribution in [0.4, 0.5) is 5.82 Å². The van der Waals surface area contributed by atoms with Crippen molar-refractivity contribution < 1.29 is 4.92 Å². The van der Waals surface area contributed by atoms with Crippen molar-refractivity contribution in [3.8, 4) is 11.6 Å². The van der Waals surface area contributed by atoms with Gasteiger partial charge in [-0.1, -0.05) is 12.1 Å². The Morgan fingerprint density at radius 3 is 2.60 bits per heavy atom. The van der Waals surface area contributed by atoms with Crippen LogP contribution in [0, 0.1) is 10.1 Å². The van der Waals surface area contributed by atoms with Gasteiger partial charge in [0, 0.05) is 6.54 Å². The molecule has 0 spiro atoms. The predicted octanol–water partition coefficient (Wildman–Crippen LogP) is 2.72. The Morgan fingerprint density at radius 1 is 1.24 bits per heavy atom. The molecule has 2 heterocycles. The molecule has 0 radical (unpaired) electrons. The molecule has 2 aromatic heterocycles. The maximum atomic E-state index is 11.1. The third-order valence-electron chi connectivity index (χ3n) is 3.99. The highest BCUT2D eigenvalue weighted by Crippen LogP contribution is 2.26. The number of benzene rings is 1. The van der Waals surface area contributed by atoms with Crippen molar-refractivity contribution in [2.45, 2.75) is 13.0 Å². The fourth-order valence-corrected chi connectivity index (χ4v) is 2.80. The average Bonchev–Trinajstić information content (AvgIpc) is 3.08. The number of fused-ring (bicyclic) bond motifs is 1. The number of nitrogens with zero attached hydrogens (tertiary/aromatic N) is 6. The number of para-hydroxylation sites is 2. The zero-order valence-corrected chi connectivity index (χ0v) is 15.2. The Morgan fingerprint density at radius 2 is 1.96 bits per heavy atom. The van der Waals surface area contributed by atoms with Crippen LogP contribution in [0.2, 0.25) is 0 Å². The van der Waals surface area contributed by atoms with Crippen molar-refractivity contribution in [3.05, 3.63) is 40.6 Å². The number of imidazole rings is 2. The number of aromatic nitrogens is 4. The van der Waals surface area contributed by atoms with E-state index in [9.17, 15) is 10.1 Å². The fraction of sp³-hybridized carbons (Fsp3) is 0.375. The lowest BCUT2D eigenvalue weighted by atomic mass is 10.3. The van der Waals surface area contributed by atoms with Crippen LogP contribution in [-0.2, 0) is 13.6 Å². The molecule has 3 aromatic rings. The quantitative estimate of drug-likeness (QED) is 0.496. The number of hydrogen-bond donors (Lipinski definition) is 0. The molecule has 9 heteroatoms. The van der Waals surface area contributed by atoms with Gasteiger partial charge in [-0.3, -0.25) is 0 Å². The summed E-state index contributed by atoms with van der Waals surface area (Å²) < 4.78 is 3.56. The van der Waals surface area contributed by atoms with Crippen molar-refractivity contribution in [2.75, 3.05) is 20.6 Å². The first-order chi connectivity index (χ1) is 11.5. The molecule has 0 bridgehead atoms. The molecular weight excluding hydrogens is 344 g/mol. The van der Waals surface area contributed by atoms with E-state index < -0.39 is 4.92 Å². The van der Waals surface area contributed by atoms with Crippen LogP contribution < -0.4 is 0 Å². The number of hydrogen-bond acceptors (Lipinski definition) is 5. The first-order valence-electron chi connectivity index (χ1n) is 7.75. The largest absolute Gasteiger partial charge is 0.358 e. The third kappa shape index (κ3) is 3.64. The van der Waals surface area contributed by atoms with E-state index in [0.29, 0.717) is 11.6 Å². The van der Waals surface area contributed by atoms with Gasteiger partial charge >= 0.3 is 5.82 Å². The summed E-state index contributed by atoms with van der Waals surface area (Å²) in [6, 6.07) is 7.86. The monoisotopic (exact) mass is 364 g/mol. The Kier molecular flexibility index (Phi) is 5.76. The average molecular weight is 365 g/mol. The van der Waals surface area contributed by atoms with Crippen molar-refractivity contribution in [1.82, 2.24) is 24.0 Å². The molecule has 25 heavy (non-hydrogen) atoms. The minimum absolute atomic E-state index is 0. The first-order valence-corrected chi connectivity index (χ1v) is 7.75. The van der Waals surface area contributed by atoms with Crippen molar-refractivity contribution in [1.29, 1.82) is 0 Å². The van der Waals surface area contributed by atoms with Crippen LogP contribution in [0.25, 0.3) is 22.7 Å². The molecule has 0 amide bonds. The van der Waals surface area contributed by atoms with E-state index in [2.05, 4.69) is 19.4 Å². The van der Waals surface area contributed by atoms with Crippen LogP contribution in [0.5, 0.6) is 0 Å². The molecule has 0 unspecified atom stereocenters. The summed E-state index contributed by atoms with van der Waals surface area (Å²) >= 11 is 0. The van der Waals surface area contributed by atoms with Crippen LogP contribution in [-0.4, -0.2) is 49.6 Å². The highest BCUT2D eigenvalue weighted by Gasteiger charge is 2.23. The highest BCUT2D eigenvalue weighted by atomic mass is 35.5. The minimum atomic E-state index is -0.435. The van der Waals surface area contributed by atoms with Gasteiger partial charge in [0.25, 0.3) is 5.82 Å². The second kappa shape index (κ2) is 7.62. The standard InChI is InChI=1S/C16H20N6O2.ClH/c1-19(2)9-6-10-21-13-8-5-4-7-12(13)18-16(21)15-17-11-14(20(15)3)22(23)24;/h4-5,7-8,11H,6,9-10H2,1-3H3;1H. The summed E-state index contributed by atoms with van der Waals surface area (Å²) in [5.41, 5.74) is 1.87. The first kappa shape index (κ1) is 18.9. The molecule has 0 atom stereocenters. The fourth-order valence-electron chi connectivity index (χ4n) is 2.80. The van der Waals surface area contributed by atoms with E-state index in [-0.39, 0.29) is 18.2 Å². The smallest absolute Gasteiger partial charge is 0.343 e. The van der Waals surface area contributed by atoms with E-state index >= 15 is 0 Å².